The van der Waals surface area contributed by atoms with Crippen LogP contribution in [0.4, 0.5) is 34.1 Å². The lowest BCUT2D eigenvalue weighted by Gasteiger charge is -2.28. The van der Waals surface area contributed by atoms with Crippen molar-refractivity contribution in [3.05, 3.63) is 412 Å². The van der Waals surface area contributed by atoms with Crippen LogP contribution < -0.4 is 76.8 Å². The van der Waals surface area contributed by atoms with Gasteiger partial charge in [-0.15, -0.1) is 11.6 Å². The summed E-state index contributed by atoms with van der Waals surface area (Å²) >= 11 is 5.56. The molecule has 2 aromatic heterocycles. The number of nitrogens with one attached hydrogen (secondary N) is 1. The fourth-order valence-electron chi connectivity index (χ4n) is 19.0. The summed E-state index contributed by atoms with van der Waals surface area (Å²) in [5.74, 6) is 7.62. The molecule has 4 heterocycles. The first kappa shape index (κ1) is 101. The largest absolute Gasteiger partial charge is 0.494 e. The predicted molar refractivity (Wildman–Crippen MR) is 587 cm³/mol. The number of hydrogen-bond donors (Lipinski definition) is 11. The molecule has 0 amide bonds. The number of benzene rings is 12. The van der Waals surface area contributed by atoms with Crippen LogP contribution in [0.15, 0.2) is 328 Å². The Kier molecular flexibility index (Phi) is 34.5. The lowest BCUT2D eigenvalue weighted by Crippen LogP contribution is -2.36. The van der Waals surface area contributed by atoms with Crippen LogP contribution in [-0.2, 0) is 4.74 Å². The Hall–Kier alpha value is -12.1. The molecule has 2 aliphatic heterocycles. The Morgan fingerprint density at radius 1 is 0.366 bits per heavy atom. The van der Waals surface area contributed by atoms with E-state index in [2.05, 4.69) is 305 Å². The van der Waals surface area contributed by atoms with Gasteiger partial charge >= 0.3 is 0 Å². The number of imidazole rings is 1. The van der Waals surface area contributed by atoms with Crippen molar-refractivity contribution in [3.63, 3.8) is 0 Å². The Labute approximate surface area is 846 Å². The smallest absolute Gasteiger partial charge is 0.187 e. The van der Waals surface area contributed by atoms with Gasteiger partial charge in [-0.05, 0) is 268 Å². The summed E-state index contributed by atoms with van der Waals surface area (Å²) < 4.78 is 12.9. The molecule has 12 aliphatic rings. The number of ether oxygens (including phenoxy) is 2. The SMILES string of the molecule is Cc1ccc(C2CC2N)cc1.Cc1ccc(C2CC2N)cc1.Cc1ccc(C2CC2N)cc1.NC1CC1c1ccc(-n2ccnc2)cc1.NC1CC1c1ccc(N(c2ccccc2)c2ccccc2)cc1.NC1CC1c1ccc(N2CCCC2)cc1.NC1CC1c1ccc(N2CCOCC2)cc1.NC1CC1c1ccc(OCCCCl)cc1.NC1CC1c1ccc2[nH]ccc2c1.[C-]#[N+]c1ccc(C2CC2N)cc1. The van der Waals surface area contributed by atoms with Gasteiger partial charge in [0.25, 0.3) is 0 Å². The molecule has 10 aliphatic carbocycles. The van der Waals surface area contributed by atoms with Gasteiger partial charge in [0.1, 0.15) is 5.75 Å². The standard InChI is InChI=1S/C21H20N2.C13H18N2O.C13H18N2.C12H16ClNO.C12H13N3.C11H12N2.C10H10N2.3C10H13N/c22-21-15-20(21)16-11-13-19(14-12-16)23(17-7-3-1-4-8-17)18-9-5-2-6-10-18;14-13-9-12(13)10-1-3-11(4-2-10)15-5-7-16-8-6-15;14-13-9-12(13)10-3-5-11(6-4-10)15-7-1-2-8-15;13-6-1-7-15-10-4-2-9(3-5-10)11-8-12(11)14;13-12-7-11(12)9-1-3-10(4-2-9)15-6-5-14-8-15;12-10-6-9(10)7-1-2-11-8(5-7)3-4-13-11;1-12-8-4-2-7(3-5-8)9-6-10(9)11;3*1-7-2-4-8(5-3-7)9-6-10(9)11/h1-14,20-21H,15,22H2;1-4,12-13H,5-9,14H2;3-6,12-13H,1-2,7-9,14H2;2-5,11-12H,1,6-8,14H2;1-6,8,11-12H,7,13H2;1-5,9-10,13H,6,12H2;2-5,9-10H,6,11H2;3*2-5,9-10H,6,11H2,1H3. The quantitative estimate of drug-likeness (QED) is 0.0192. The van der Waals surface area contributed by atoms with Crippen molar-refractivity contribution >= 4 is 56.6 Å². The molecule has 26 rings (SSSR count). The van der Waals surface area contributed by atoms with Crippen LogP contribution in [0.25, 0.3) is 21.4 Å². The van der Waals surface area contributed by atoms with Gasteiger partial charge in [-0.1, -0.05) is 217 Å². The zero-order valence-electron chi connectivity index (χ0n) is 82.7. The summed E-state index contributed by atoms with van der Waals surface area (Å²) in [6.45, 7) is 19.9. The lowest BCUT2D eigenvalue weighted by atomic mass is 10.1. The number of halogens is 1. The normalized spacial score (nSPS) is 25.9. The Bertz CT molecular complexity index is 6070. The number of nitrogens with two attached hydrogens (primary N) is 10. The summed E-state index contributed by atoms with van der Waals surface area (Å²) in [5.41, 5.74) is 84.9. The second-order valence-corrected chi connectivity index (χ2v) is 41.3. The van der Waals surface area contributed by atoms with Crippen molar-refractivity contribution in [1.29, 1.82) is 0 Å². The average Bonchev–Trinajstić information content (AvgIpc) is 1.76. The number of aromatic amines is 1. The molecule has 738 valence electrons. The highest BCUT2D eigenvalue weighted by Crippen LogP contribution is 2.48. The number of hydrogen-bond acceptors (Lipinski definition) is 16. The van der Waals surface area contributed by atoms with E-state index < -0.39 is 0 Å². The van der Waals surface area contributed by atoms with Crippen molar-refractivity contribution in [2.75, 3.05) is 66.6 Å². The van der Waals surface area contributed by atoms with Crippen LogP contribution in [0.2, 0.25) is 0 Å². The third-order valence-electron chi connectivity index (χ3n) is 29.4. The van der Waals surface area contributed by atoms with Crippen LogP contribution in [-0.4, -0.2) is 127 Å². The molecule has 2 saturated heterocycles. The lowest BCUT2D eigenvalue weighted by molar-refractivity contribution is 0.122. The summed E-state index contributed by atoms with van der Waals surface area (Å²) in [4.78, 5) is 17.7. The van der Waals surface area contributed by atoms with E-state index in [0.717, 1.165) is 94.1 Å². The minimum atomic E-state index is 0.347. The van der Waals surface area contributed by atoms with Crippen molar-refractivity contribution in [1.82, 2.24) is 14.5 Å². The molecule has 20 atom stereocenters. The number of aromatic nitrogens is 3. The molecular weight excluding hydrogens is 1770 g/mol. The first-order valence-corrected chi connectivity index (χ1v) is 52.1. The van der Waals surface area contributed by atoms with E-state index in [0.29, 0.717) is 138 Å². The number of fused-ring (bicyclic) bond motifs is 1. The summed E-state index contributed by atoms with van der Waals surface area (Å²) in [5, 5.41) is 1.29. The van der Waals surface area contributed by atoms with E-state index in [-0.39, 0.29) is 0 Å². The summed E-state index contributed by atoms with van der Waals surface area (Å²) in [7, 11) is 0. The van der Waals surface area contributed by atoms with Gasteiger partial charge in [0, 0.05) is 210 Å². The Morgan fingerprint density at radius 3 is 1.00 bits per heavy atom. The molecule has 0 bridgehead atoms. The average molecular weight is 1920 g/mol. The van der Waals surface area contributed by atoms with Gasteiger partial charge in [0.05, 0.1) is 32.7 Å². The fourth-order valence-corrected chi connectivity index (χ4v) is 19.1. The molecule has 14 aromatic rings. The van der Waals surface area contributed by atoms with Gasteiger partial charge < -0.3 is 91.1 Å². The molecular formula is C122H146ClN17O2. The molecule has 21 N–H and O–H groups in total. The van der Waals surface area contributed by atoms with Crippen LogP contribution >= 0.6 is 11.6 Å². The number of anilines is 5. The number of alkyl halides is 1. The monoisotopic (exact) mass is 1920 g/mol. The number of rotatable bonds is 20. The van der Waals surface area contributed by atoms with E-state index in [1.54, 1.807) is 12.5 Å². The number of H-pyrrole nitrogens is 1. The number of aryl methyl sites for hydroxylation is 3. The molecule has 10 saturated carbocycles. The predicted octanol–water partition coefficient (Wildman–Crippen LogP) is 22.1. The highest BCUT2D eigenvalue weighted by atomic mass is 35.5. The summed E-state index contributed by atoms with van der Waals surface area (Å²) in [6.07, 6.45) is 22.5. The second-order valence-electron chi connectivity index (χ2n) is 40.9. The van der Waals surface area contributed by atoms with Gasteiger partial charge in [-0.3, -0.25) is 0 Å². The number of nitrogens with zero attached hydrogens (tertiary/aromatic N) is 6. The highest BCUT2D eigenvalue weighted by molar-refractivity contribution is 6.17. The zero-order chi connectivity index (χ0) is 98.7. The Morgan fingerprint density at radius 2 is 0.669 bits per heavy atom. The second kappa shape index (κ2) is 48.3. The van der Waals surface area contributed by atoms with E-state index >= 15 is 0 Å². The number of para-hydroxylation sites is 2. The van der Waals surface area contributed by atoms with E-state index in [1.807, 2.05) is 65.5 Å². The Balaban J connectivity index is 0.000000109. The van der Waals surface area contributed by atoms with Crippen molar-refractivity contribution in [2.24, 2.45) is 57.3 Å². The molecule has 0 radical (unpaired) electrons. The van der Waals surface area contributed by atoms with Crippen LogP contribution in [0, 0.1) is 27.3 Å². The van der Waals surface area contributed by atoms with Gasteiger partial charge in [-0.25, -0.2) is 9.83 Å². The first-order valence-electron chi connectivity index (χ1n) is 51.6. The van der Waals surface area contributed by atoms with Gasteiger partial charge in [0.2, 0.25) is 0 Å². The van der Waals surface area contributed by atoms with Crippen molar-refractivity contribution in [3.8, 4) is 11.4 Å². The molecule has 12 aromatic carbocycles. The van der Waals surface area contributed by atoms with E-state index in [1.165, 1.54) is 152 Å². The highest BCUT2D eigenvalue weighted by Gasteiger charge is 2.41. The van der Waals surface area contributed by atoms with E-state index in [9.17, 15) is 0 Å². The molecule has 19 nitrogen and oxygen atoms in total. The van der Waals surface area contributed by atoms with Crippen LogP contribution in [0.5, 0.6) is 5.75 Å². The maximum atomic E-state index is 6.78. The molecule has 0 spiro atoms. The molecule has 20 unspecified atom stereocenters. The molecule has 142 heavy (non-hydrogen) atoms. The minimum absolute atomic E-state index is 0.347. The van der Waals surface area contributed by atoms with E-state index in [4.69, 9.17) is 85.0 Å². The van der Waals surface area contributed by atoms with Gasteiger partial charge in [0.15, 0.2) is 5.69 Å². The maximum Gasteiger partial charge on any atom is 0.187 e. The molecule has 20 heteroatoms. The minimum Gasteiger partial charge on any atom is -0.494 e. The first-order chi connectivity index (χ1) is 69.1. The third-order valence-corrected chi connectivity index (χ3v) is 29.7. The van der Waals surface area contributed by atoms with Gasteiger partial charge in [-0.2, -0.15) is 0 Å². The van der Waals surface area contributed by atoms with Crippen molar-refractivity contribution < 1.29 is 9.47 Å². The fraction of sp³-hybridized carbons (Fsp3) is 0.361. The third kappa shape index (κ3) is 29.1. The zero-order valence-corrected chi connectivity index (χ0v) is 83.5. The van der Waals surface area contributed by atoms with Crippen LogP contribution in [0.3, 0.4) is 0 Å². The molecule has 12 fully saturated rings. The van der Waals surface area contributed by atoms with Crippen molar-refractivity contribution in [2.45, 2.75) is 224 Å². The topological polar surface area (TPSA) is 326 Å². The van der Waals surface area contributed by atoms with Crippen LogP contribution in [0.1, 0.15) is 215 Å². The summed E-state index contributed by atoms with van der Waals surface area (Å²) in [6, 6.07) is 111. The number of morpholine rings is 1. The maximum absolute atomic E-state index is 6.78.